The number of carbonyl (C=O) groups excluding carboxylic acids is 1. The number of nitrogens with zero attached hydrogens (tertiary/aromatic N) is 3. The molecule has 1 aliphatic heterocycles. The average Bonchev–Trinajstić information content (AvgIpc) is 2.97. The Morgan fingerprint density at radius 3 is 2.95 bits per heavy atom. The molecule has 2 heterocycles. The number of aromatic nitrogens is 2. The van der Waals surface area contributed by atoms with Gasteiger partial charge in [-0.3, -0.25) is 9.69 Å². The van der Waals surface area contributed by atoms with Gasteiger partial charge in [-0.05, 0) is 12.5 Å². The predicted octanol–water partition coefficient (Wildman–Crippen LogP) is 2.39. The fourth-order valence-corrected chi connectivity index (χ4v) is 3.00. The number of hydrogen-bond acceptors (Lipinski definition) is 4. The van der Waals surface area contributed by atoms with E-state index in [4.69, 9.17) is 4.74 Å². The number of benzene rings is 1. The molecule has 1 aromatic heterocycles. The lowest BCUT2D eigenvalue weighted by molar-refractivity contribution is -0.144. The summed E-state index contributed by atoms with van der Waals surface area (Å²) in [6.45, 7) is 4.83. The van der Waals surface area contributed by atoms with Crippen molar-refractivity contribution in [2.45, 2.75) is 32.5 Å². The zero-order valence-corrected chi connectivity index (χ0v) is 12.8. The molecule has 5 nitrogen and oxygen atoms in total. The molecule has 0 N–H and O–H groups in total. The quantitative estimate of drug-likeness (QED) is 0.795. The number of carbonyl (C=O) groups is 1. The van der Waals surface area contributed by atoms with Crippen LogP contribution in [-0.4, -0.2) is 33.6 Å². The minimum atomic E-state index is -0.145. The molecule has 0 fully saturated rings. The molecule has 0 bridgehead atoms. The molecular formula is C17H21N3O2. The van der Waals surface area contributed by atoms with E-state index < -0.39 is 0 Å². The van der Waals surface area contributed by atoms with E-state index in [1.807, 2.05) is 25.5 Å². The lowest BCUT2D eigenvalue weighted by Gasteiger charge is -2.34. The topological polar surface area (TPSA) is 47.4 Å². The number of esters is 1. The Hall–Kier alpha value is -2.14. The number of hydrogen-bond donors (Lipinski definition) is 0. The van der Waals surface area contributed by atoms with Gasteiger partial charge in [0.2, 0.25) is 0 Å². The van der Waals surface area contributed by atoms with Crippen LogP contribution in [0, 0.1) is 0 Å². The van der Waals surface area contributed by atoms with Gasteiger partial charge in [0.1, 0.15) is 0 Å². The first-order chi connectivity index (χ1) is 10.8. The van der Waals surface area contributed by atoms with Crippen molar-refractivity contribution < 1.29 is 9.53 Å². The number of fused-ring (bicyclic) bond motifs is 1. The molecule has 2 aromatic rings. The molecule has 1 aromatic carbocycles. The van der Waals surface area contributed by atoms with Crippen LogP contribution in [0.15, 0.2) is 42.9 Å². The zero-order valence-electron chi connectivity index (χ0n) is 12.8. The Morgan fingerprint density at radius 1 is 1.36 bits per heavy atom. The average molecular weight is 299 g/mol. The summed E-state index contributed by atoms with van der Waals surface area (Å²) in [4.78, 5) is 18.4. The fourth-order valence-electron chi connectivity index (χ4n) is 3.00. The zero-order chi connectivity index (χ0) is 15.4. The van der Waals surface area contributed by atoms with Crippen LogP contribution in [0.1, 0.15) is 30.6 Å². The van der Waals surface area contributed by atoms with Gasteiger partial charge in [-0.15, -0.1) is 0 Å². The standard InChI is InChI=1S/C17H21N3O2/c1-2-22-17(21)8-15-11-19(10-14-6-4-3-5-7-14)12-16-9-18-13-20(15)16/h3-7,9,13,15H,2,8,10-12H2,1H3. The van der Waals surface area contributed by atoms with Gasteiger partial charge in [0.05, 0.1) is 31.1 Å². The molecule has 1 unspecified atom stereocenters. The highest BCUT2D eigenvalue weighted by Gasteiger charge is 2.27. The molecule has 0 aliphatic carbocycles. The van der Waals surface area contributed by atoms with Crippen molar-refractivity contribution in [3.63, 3.8) is 0 Å². The van der Waals surface area contributed by atoms with Gasteiger partial charge in [0, 0.05) is 25.8 Å². The van der Waals surface area contributed by atoms with Crippen molar-refractivity contribution in [3.05, 3.63) is 54.1 Å². The van der Waals surface area contributed by atoms with Gasteiger partial charge in [0.15, 0.2) is 0 Å². The van der Waals surface area contributed by atoms with Gasteiger partial charge in [-0.2, -0.15) is 0 Å². The third kappa shape index (κ3) is 3.36. The van der Waals surface area contributed by atoms with Crippen LogP contribution >= 0.6 is 0 Å². The number of imidazole rings is 1. The summed E-state index contributed by atoms with van der Waals surface area (Å²) >= 11 is 0. The molecule has 0 radical (unpaired) electrons. The molecule has 0 amide bonds. The fraction of sp³-hybridized carbons (Fsp3) is 0.412. The molecule has 116 valence electrons. The normalized spacial score (nSPS) is 18.0. The molecule has 5 heteroatoms. The summed E-state index contributed by atoms with van der Waals surface area (Å²) in [5.74, 6) is -0.145. The van der Waals surface area contributed by atoms with Crippen LogP contribution in [0.5, 0.6) is 0 Å². The van der Waals surface area contributed by atoms with Crippen molar-refractivity contribution >= 4 is 5.97 Å². The van der Waals surface area contributed by atoms with Crippen LogP contribution < -0.4 is 0 Å². The predicted molar refractivity (Wildman–Crippen MR) is 83.1 cm³/mol. The minimum absolute atomic E-state index is 0.0917. The van der Waals surface area contributed by atoms with Crippen LogP contribution in [0.3, 0.4) is 0 Å². The summed E-state index contributed by atoms with van der Waals surface area (Å²) < 4.78 is 7.21. The van der Waals surface area contributed by atoms with Crippen molar-refractivity contribution in [1.29, 1.82) is 0 Å². The molecule has 1 atom stereocenters. The van der Waals surface area contributed by atoms with E-state index in [0.717, 1.165) is 25.3 Å². The molecule has 0 saturated heterocycles. The SMILES string of the molecule is CCOC(=O)CC1CN(Cc2ccccc2)Cc2cncn21. The lowest BCUT2D eigenvalue weighted by atomic mass is 10.1. The number of ether oxygens (including phenoxy) is 1. The maximum atomic E-state index is 11.8. The molecule has 1 aliphatic rings. The van der Waals surface area contributed by atoms with E-state index in [1.165, 1.54) is 5.56 Å². The molecular weight excluding hydrogens is 278 g/mol. The van der Waals surface area contributed by atoms with Crippen LogP contribution in [-0.2, 0) is 22.6 Å². The third-order valence-corrected chi connectivity index (χ3v) is 3.95. The van der Waals surface area contributed by atoms with Gasteiger partial charge in [-0.1, -0.05) is 30.3 Å². The molecule has 0 spiro atoms. The Labute approximate surface area is 130 Å². The van der Waals surface area contributed by atoms with Crippen molar-refractivity contribution in [1.82, 2.24) is 14.5 Å². The molecule has 0 saturated carbocycles. The summed E-state index contributed by atoms with van der Waals surface area (Å²) in [5.41, 5.74) is 2.43. The van der Waals surface area contributed by atoms with Crippen molar-refractivity contribution in [2.24, 2.45) is 0 Å². The highest BCUT2D eigenvalue weighted by atomic mass is 16.5. The monoisotopic (exact) mass is 299 g/mol. The Morgan fingerprint density at radius 2 is 2.18 bits per heavy atom. The summed E-state index contributed by atoms with van der Waals surface area (Å²) in [5, 5.41) is 0. The number of rotatable bonds is 5. The van der Waals surface area contributed by atoms with Gasteiger partial charge in [-0.25, -0.2) is 4.98 Å². The van der Waals surface area contributed by atoms with E-state index in [9.17, 15) is 4.79 Å². The van der Waals surface area contributed by atoms with E-state index >= 15 is 0 Å². The third-order valence-electron chi connectivity index (χ3n) is 3.95. The van der Waals surface area contributed by atoms with Gasteiger partial charge in [0.25, 0.3) is 0 Å². The first-order valence-electron chi connectivity index (χ1n) is 7.69. The van der Waals surface area contributed by atoms with E-state index in [1.54, 1.807) is 0 Å². The largest absolute Gasteiger partial charge is 0.466 e. The molecule has 22 heavy (non-hydrogen) atoms. The van der Waals surface area contributed by atoms with E-state index in [2.05, 4.69) is 38.7 Å². The highest BCUT2D eigenvalue weighted by molar-refractivity contribution is 5.70. The van der Waals surface area contributed by atoms with Gasteiger partial charge >= 0.3 is 5.97 Å². The van der Waals surface area contributed by atoms with E-state index in [0.29, 0.717) is 13.0 Å². The molecule has 3 rings (SSSR count). The summed E-state index contributed by atoms with van der Waals surface area (Å²) in [6.07, 6.45) is 4.09. The first-order valence-corrected chi connectivity index (χ1v) is 7.69. The lowest BCUT2D eigenvalue weighted by Crippen LogP contribution is -2.37. The maximum absolute atomic E-state index is 11.8. The summed E-state index contributed by atoms with van der Waals surface area (Å²) in [6, 6.07) is 10.5. The van der Waals surface area contributed by atoms with Crippen LogP contribution in [0.25, 0.3) is 0 Å². The Balaban J connectivity index is 1.72. The first kappa shape index (κ1) is 14.8. The Bertz CT molecular complexity index is 624. The van der Waals surface area contributed by atoms with Crippen LogP contribution in [0.4, 0.5) is 0 Å². The van der Waals surface area contributed by atoms with Crippen molar-refractivity contribution in [2.75, 3.05) is 13.2 Å². The van der Waals surface area contributed by atoms with Crippen LogP contribution in [0.2, 0.25) is 0 Å². The second kappa shape index (κ2) is 6.75. The highest BCUT2D eigenvalue weighted by Crippen LogP contribution is 2.25. The Kier molecular flexibility index (Phi) is 4.53. The summed E-state index contributed by atoms with van der Waals surface area (Å²) in [7, 11) is 0. The van der Waals surface area contributed by atoms with E-state index in [-0.39, 0.29) is 12.0 Å². The van der Waals surface area contributed by atoms with Gasteiger partial charge < -0.3 is 9.30 Å². The smallest absolute Gasteiger partial charge is 0.307 e. The second-order valence-corrected chi connectivity index (χ2v) is 5.61. The maximum Gasteiger partial charge on any atom is 0.307 e. The van der Waals surface area contributed by atoms with Crippen molar-refractivity contribution in [3.8, 4) is 0 Å². The second-order valence-electron chi connectivity index (χ2n) is 5.61. The minimum Gasteiger partial charge on any atom is -0.466 e.